The lowest BCUT2D eigenvalue weighted by molar-refractivity contribution is 0.296. The van der Waals surface area contributed by atoms with Gasteiger partial charge < -0.3 is 4.74 Å². The van der Waals surface area contributed by atoms with Gasteiger partial charge in [-0.3, -0.25) is 0 Å². The zero-order valence-electron chi connectivity index (χ0n) is 16.0. The number of benzene rings is 3. The molecule has 3 aromatic carbocycles. The van der Waals surface area contributed by atoms with E-state index in [4.69, 9.17) is 4.74 Å². The Kier molecular flexibility index (Phi) is 4.96. The first-order chi connectivity index (χ1) is 13.5. The van der Waals surface area contributed by atoms with Crippen LogP contribution in [-0.2, 0) is 23.0 Å². The number of hydrogen-bond acceptors (Lipinski definition) is 3. The Balaban J connectivity index is 1.79. The van der Waals surface area contributed by atoms with Crippen molar-refractivity contribution in [1.82, 2.24) is 4.31 Å². The summed E-state index contributed by atoms with van der Waals surface area (Å²) < 4.78 is 33.9. The zero-order chi connectivity index (χ0) is 19.7. The second-order valence-electron chi connectivity index (χ2n) is 7.13. The Hall–Kier alpha value is -2.63. The summed E-state index contributed by atoms with van der Waals surface area (Å²) in [5.74, 6) is 0.757. The molecule has 0 amide bonds. The van der Waals surface area contributed by atoms with Crippen LogP contribution in [0.3, 0.4) is 0 Å². The lowest BCUT2D eigenvalue weighted by Gasteiger charge is -2.36. The molecule has 4 rings (SSSR count). The Labute approximate surface area is 166 Å². The van der Waals surface area contributed by atoms with Crippen LogP contribution in [0.5, 0.6) is 5.75 Å². The second-order valence-corrected chi connectivity index (χ2v) is 9.02. The molecule has 0 fully saturated rings. The molecule has 0 saturated carbocycles. The molecule has 0 radical (unpaired) electrons. The van der Waals surface area contributed by atoms with Crippen molar-refractivity contribution >= 4 is 10.0 Å². The van der Waals surface area contributed by atoms with Crippen LogP contribution in [0.2, 0.25) is 0 Å². The van der Waals surface area contributed by atoms with Gasteiger partial charge in [0.1, 0.15) is 5.75 Å². The van der Waals surface area contributed by atoms with Crippen LogP contribution in [0.25, 0.3) is 0 Å². The number of nitrogens with zero attached hydrogens (tertiary/aromatic N) is 1. The average Bonchev–Trinajstić information content (AvgIpc) is 2.73. The fraction of sp³-hybridized carbons (Fsp3) is 0.217. The highest BCUT2D eigenvalue weighted by Crippen LogP contribution is 2.37. The minimum absolute atomic E-state index is 0.257. The molecule has 144 valence electrons. The first-order valence-corrected chi connectivity index (χ1v) is 10.7. The maximum atomic E-state index is 13.5. The van der Waals surface area contributed by atoms with Crippen molar-refractivity contribution in [2.45, 2.75) is 30.8 Å². The molecule has 4 nitrogen and oxygen atoms in total. The van der Waals surface area contributed by atoms with Gasteiger partial charge in [0.2, 0.25) is 10.0 Å². The Morgan fingerprint density at radius 3 is 2.18 bits per heavy atom. The van der Waals surface area contributed by atoms with Crippen LogP contribution in [0, 0.1) is 6.92 Å². The third-order valence-corrected chi connectivity index (χ3v) is 7.20. The molecule has 0 bridgehead atoms. The highest BCUT2D eigenvalue weighted by molar-refractivity contribution is 7.89. The normalized spacial score (nSPS) is 17.1. The van der Waals surface area contributed by atoms with E-state index >= 15 is 0 Å². The van der Waals surface area contributed by atoms with Gasteiger partial charge in [0.05, 0.1) is 18.0 Å². The summed E-state index contributed by atoms with van der Waals surface area (Å²) in [6.45, 7) is 2.32. The maximum Gasteiger partial charge on any atom is 0.243 e. The van der Waals surface area contributed by atoms with Crippen LogP contribution in [-0.4, -0.2) is 19.8 Å². The first-order valence-electron chi connectivity index (χ1n) is 9.28. The summed E-state index contributed by atoms with van der Waals surface area (Å²) in [7, 11) is -2.01. The van der Waals surface area contributed by atoms with Gasteiger partial charge >= 0.3 is 0 Å². The lowest BCUT2D eigenvalue weighted by atomic mass is 9.92. The van der Waals surface area contributed by atoms with Crippen molar-refractivity contribution in [3.8, 4) is 5.75 Å². The van der Waals surface area contributed by atoms with E-state index in [9.17, 15) is 8.42 Å². The molecule has 28 heavy (non-hydrogen) atoms. The lowest BCUT2D eigenvalue weighted by Crippen LogP contribution is -2.38. The highest BCUT2D eigenvalue weighted by atomic mass is 32.2. The van der Waals surface area contributed by atoms with E-state index < -0.39 is 10.0 Å². The first kappa shape index (κ1) is 18.7. The minimum Gasteiger partial charge on any atom is -0.497 e. The third kappa shape index (κ3) is 3.43. The highest BCUT2D eigenvalue weighted by Gasteiger charge is 2.36. The zero-order valence-corrected chi connectivity index (χ0v) is 16.8. The van der Waals surface area contributed by atoms with Gasteiger partial charge in [-0.15, -0.1) is 0 Å². The molecule has 0 N–H and O–H groups in total. The molecule has 0 aliphatic carbocycles. The molecule has 1 aliphatic heterocycles. The summed E-state index contributed by atoms with van der Waals surface area (Å²) >= 11 is 0. The maximum absolute atomic E-state index is 13.5. The monoisotopic (exact) mass is 393 g/mol. The summed E-state index contributed by atoms with van der Waals surface area (Å²) in [6.07, 6.45) is 0.646. The van der Waals surface area contributed by atoms with Gasteiger partial charge in [0.25, 0.3) is 0 Å². The topological polar surface area (TPSA) is 46.6 Å². The van der Waals surface area contributed by atoms with Crippen LogP contribution >= 0.6 is 0 Å². The summed E-state index contributed by atoms with van der Waals surface area (Å²) in [4.78, 5) is 0.330. The molecule has 1 atom stereocenters. The van der Waals surface area contributed by atoms with Crippen molar-refractivity contribution in [2.24, 2.45) is 0 Å². The van der Waals surface area contributed by atoms with Crippen molar-refractivity contribution in [1.29, 1.82) is 0 Å². The molecule has 1 heterocycles. The minimum atomic E-state index is -3.63. The number of aryl methyl sites for hydroxylation is 1. The fourth-order valence-electron chi connectivity index (χ4n) is 3.71. The van der Waals surface area contributed by atoms with Gasteiger partial charge in [-0.05, 0) is 54.3 Å². The molecule has 0 aromatic heterocycles. The smallest absolute Gasteiger partial charge is 0.243 e. The third-order valence-electron chi connectivity index (χ3n) is 5.33. The van der Waals surface area contributed by atoms with Crippen molar-refractivity contribution < 1.29 is 13.2 Å². The van der Waals surface area contributed by atoms with E-state index in [2.05, 4.69) is 6.07 Å². The van der Waals surface area contributed by atoms with Gasteiger partial charge in [-0.2, -0.15) is 4.31 Å². The number of rotatable bonds is 4. The summed E-state index contributed by atoms with van der Waals surface area (Å²) in [6, 6.07) is 22.5. The average molecular weight is 394 g/mol. The van der Waals surface area contributed by atoms with Crippen molar-refractivity contribution in [2.75, 3.05) is 7.11 Å². The molecule has 5 heteroatoms. The van der Waals surface area contributed by atoms with Crippen molar-refractivity contribution in [3.05, 3.63) is 95.1 Å². The van der Waals surface area contributed by atoms with Gasteiger partial charge in [-0.1, -0.05) is 54.1 Å². The van der Waals surface area contributed by atoms with E-state index in [1.807, 2.05) is 61.5 Å². The number of sulfonamides is 1. The molecule has 0 spiro atoms. The van der Waals surface area contributed by atoms with Crippen LogP contribution < -0.4 is 4.74 Å². The molecular formula is C23H23NO3S. The molecule has 0 saturated heterocycles. The quantitative estimate of drug-likeness (QED) is 0.656. The Morgan fingerprint density at radius 2 is 1.54 bits per heavy atom. The van der Waals surface area contributed by atoms with Crippen molar-refractivity contribution in [3.63, 3.8) is 0 Å². The Morgan fingerprint density at radius 1 is 0.893 bits per heavy atom. The largest absolute Gasteiger partial charge is 0.497 e. The van der Waals surface area contributed by atoms with Gasteiger partial charge in [-0.25, -0.2) is 8.42 Å². The van der Waals surface area contributed by atoms with E-state index in [0.29, 0.717) is 17.9 Å². The van der Waals surface area contributed by atoms with E-state index in [0.717, 1.165) is 22.4 Å². The number of fused-ring (bicyclic) bond motifs is 1. The SMILES string of the molecule is COc1ccc(C2Cc3ccccc3CN2S(=O)(=O)c2ccc(C)cc2)cc1. The van der Waals surface area contributed by atoms with Crippen LogP contribution in [0.15, 0.2) is 77.7 Å². The van der Waals surface area contributed by atoms with Crippen LogP contribution in [0.1, 0.15) is 28.3 Å². The molecular weight excluding hydrogens is 370 g/mol. The summed E-state index contributed by atoms with van der Waals surface area (Å²) in [5, 5.41) is 0. The molecule has 1 unspecified atom stereocenters. The summed E-state index contributed by atoms with van der Waals surface area (Å²) in [5.41, 5.74) is 4.25. The molecule has 1 aliphatic rings. The number of methoxy groups -OCH3 is 1. The van der Waals surface area contributed by atoms with E-state index in [1.54, 1.807) is 23.5 Å². The van der Waals surface area contributed by atoms with Gasteiger partial charge in [0, 0.05) is 6.54 Å². The number of ether oxygens (including phenoxy) is 1. The van der Waals surface area contributed by atoms with Gasteiger partial charge in [0.15, 0.2) is 0 Å². The fourth-order valence-corrected chi connectivity index (χ4v) is 5.30. The van der Waals surface area contributed by atoms with Crippen LogP contribution in [0.4, 0.5) is 0 Å². The van der Waals surface area contributed by atoms with E-state index in [1.165, 1.54) is 5.56 Å². The predicted molar refractivity (Wildman–Crippen MR) is 110 cm³/mol. The number of hydrogen-bond donors (Lipinski definition) is 0. The second kappa shape index (κ2) is 7.41. The molecule has 3 aromatic rings. The van der Waals surface area contributed by atoms with E-state index in [-0.39, 0.29) is 6.04 Å². The Bertz CT molecular complexity index is 1070. The standard InChI is InChI=1S/C23H23NO3S/c1-17-7-13-22(14-8-17)28(25,26)24-16-20-6-4-3-5-19(20)15-23(24)18-9-11-21(27-2)12-10-18/h3-14,23H,15-16H2,1-2H3. The predicted octanol–water partition coefficient (Wildman–Crippen LogP) is 4.49.